The normalized spacial score (nSPS) is 16.7. The molecule has 1 unspecified atom stereocenters. The number of aryl methyl sites for hydroxylation is 1. The molecular weight excluding hydrogens is 464 g/mol. The van der Waals surface area contributed by atoms with Gasteiger partial charge in [0.05, 0.1) is 0 Å². The maximum atomic E-state index is 6.12. The standard InChI is InChI=1S/C32H35ClN2O/c1-23-21-24(7-16-30-17-13-28(22-35-30)25-11-14-29(33)15-12-25)8-18-31(23)36-20-19-34-32(27-9-10-27)26-5-3-2-4-6-26/h8,11-15,17-18,21-22,26-27,32,34H,2-6,9-10,19-20H2,1H3. The van der Waals surface area contributed by atoms with Crippen LogP contribution < -0.4 is 10.1 Å². The molecule has 1 heterocycles. The van der Waals surface area contributed by atoms with Crippen LogP contribution in [0.2, 0.25) is 5.02 Å². The molecule has 3 nitrogen and oxygen atoms in total. The molecule has 0 aliphatic heterocycles. The Balaban J connectivity index is 1.13. The first-order valence-electron chi connectivity index (χ1n) is 13.4. The van der Waals surface area contributed by atoms with Crippen LogP contribution >= 0.6 is 11.6 Å². The number of aromatic nitrogens is 1. The van der Waals surface area contributed by atoms with Gasteiger partial charge in [-0.15, -0.1) is 0 Å². The Morgan fingerprint density at radius 1 is 0.917 bits per heavy atom. The van der Waals surface area contributed by atoms with Crippen LogP contribution in [-0.2, 0) is 0 Å². The van der Waals surface area contributed by atoms with Crippen molar-refractivity contribution in [2.24, 2.45) is 11.8 Å². The molecule has 1 atom stereocenters. The number of nitrogens with zero attached hydrogens (tertiary/aromatic N) is 1. The van der Waals surface area contributed by atoms with E-state index >= 15 is 0 Å². The summed E-state index contributed by atoms with van der Waals surface area (Å²) in [6.45, 7) is 3.70. The highest BCUT2D eigenvalue weighted by Crippen LogP contribution is 2.40. The lowest BCUT2D eigenvalue weighted by atomic mass is 9.82. The van der Waals surface area contributed by atoms with Crippen molar-refractivity contribution in [2.45, 2.75) is 57.9 Å². The molecule has 2 aliphatic carbocycles. The molecule has 1 N–H and O–H groups in total. The largest absolute Gasteiger partial charge is 0.492 e. The fraction of sp³-hybridized carbons (Fsp3) is 0.406. The quantitative estimate of drug-likeness (QED) is 0.259. The molecule has 0 bridgehead atoms. The Morgan fingerprint density at radius 3 is 2.36 bits per heavy atom. The van der Waals surface area contributed by atoms with E-state index in [-0.39, 0.29) is 0 Å². The second kappa shape index (κ2) is 12.0. The topological polar surface area (TPSA) is 34.1 Å². The van der Waals surface area contributed by atoms with Crippen LogP contribution in [0.5, 0.6) is 5.75 Å². The minimum absolute atomic E-state index is 0.696. The molecule has 1 aromatic heterocycles. The molecule has 2 aromatic carbocycles. The Kier molecular flexibility index (Phi) is 8.26. The zero-order valence-corrected chi connectivity index (χ0v) is 21.9. The van der Waals surface area contributed by atoms with Crippen molar-refractivity contribution in [3.8, 4) is 28.7 Å². The van der Waals surface area contributed by atoms with Crippen LogP contribution in [0, 0.1) is 30.6 Å². The highest BCUT2D eigenvalue weighted by molar-refractivity contribution is 6.30. The van der Waals surface area contributed by atoms with E-state index in [4.69, 9.17) is 16.3 Å². The van der Waals surface area contributed by atoms with Crippen LogP contribution in [0.15, 0.2) is 60.8 Å². The van der Waals surface area contributed by atoms with Crippen LogP contribution in [0.4, 0.5) is 0 Å². The third-order valence-electron chi connectivity index (χ3n) is 7.48. The smallest absolute Gasteiger partial charge is 0.122 e. The first-order valence-corrected chi connectivity index (χ1v) is 13.7. The van der Waals surface area contributed by atoms with Crippen LogP contribution in [-0.4, -0.2) is 24.2 Å². The SMILES string of the molecule is Cc1cc(C#Cc2ccc(-c3ccc(Cl)cc3)cn2)ccc1OCCNC(C1CCCCC1)C1CC1. The zero-order valence-electron chi connectivity index (χ0n) is 21.1. The third-order valence-corrected chi connectivity index (χ3v) is 7.73. The number of rotatable bonds is 8. The molecule has 4 heteroatoms. The minimum Gasteiger partial charge on any atom is -0.492 e. The molecule has 0 radical (unpaired) electrons. The number of nitrogens with one attached hydrogen (secondary N) is 1. The number of benzene rings is 2. The van der Waals surface area contributed by atoms with E-state index in [0.717, 1.165) is 57.1 Å². The molecule has 36 heavy (non-hydrogen) atoms. The maximum Gasteiger partial charge on any atom is 0.122 e. The summed E-state index contributed by atoms with van der Waals surface area (Å²) in [6, 6.07) is 18.6. The van der Waals surface area contributed by atoms with Gasteiger partial charge in [0.2, 0.25) is 0 Å². The monoisotopic (exact) mass is 498 g/mol. The van der Waals surface area contributed by atoms with Gasteiger partial charge in [-0.1, -0.05) is 55.0 Å². The Labute approximate surface area is 220 Å². The lowest BCUT2D eigenvalue weighted by molar-refractivity contribution is 0.229. The number of halogens is 1. The Morgan fingerprint density at radius 2 is 1.67 bits per heavy atom. The highest BCUT2D eigenvalue weighted by atomic mass is 35.5. The van der Waals surface area contributed by atoms with Gasteiger partial charge in [-0.2, -0.15) is 0 Å². The summed E-state index contributed by atoms with van der Waals surface area (Å²) in [7, 11) is 0. The van der Waals surface area contributed by atoms with Gasteiger partial charge in [0.1, 0.15) is 18.1 Å². The van der Waals surface area contributed by atoms with Crippen LogP contribution in [0.3, 0.4) is 0 Å². The van der Waals surface area contributed by atoms with Gasteiger partial charge >= 0.3 is 0 Å². The van der Waals surface area contributed by atoms with Crippen molar-refractivity contribution in [1.82, 2.24) is 10.3 Å². The lowest BCUT2D eigenvalue weighted by Gasteiger charge is -2.31. The van der Waals surface area contributed by atoms with Crippen molar-refractivity contribution in [3.63, 3.8) is 0 Å². The van der Waals surface area contributed by atoms with E-state index in [1.165, 1.54) is 44.9 Å². The van der Waals surface area contributed by atoms with Crippen LogP contribution in [0.1, 0.15) is 61.8 Å². The van der Waals surface area contributed by atoms with Crippen molar-refractivity contribution in [3.05, 3.63) is 82.6 Å². The van der Waals surface area contributed by atoms with E-state index in [0.29, 0.717) is 12.6 Å². The Bertz CT molecular complexity index is 1200. The molecule has 2 saturated carbocycles. The van der Waals surface area contributed by atoms with E-state index in [9.17, 15) is 0 Å². The summed E-state index contributed by atoms with van der Waals surface area (Å²) < 4.78 is 6.12. The van der Waals surface area contributed by atoms with E-state index in [1.807, 2.05) is 54.7 Å². The first-order chi connectivity index (χ1) is 17.7. The lowest BCUT2D eigenvalue weighted by Crippen LogP contribution is -2.41. The minimum atomic E-state index is 0.696. The predicted octanol–water partition coefficient (Wildman–Crippen LogP) is 7.44. The molecule has 0 amide bonds. The molecule has 5 rings (SSSR count). The van der Waals surface area contributed by atoms with Crippen molar-refractivity contribution in [1.29, 1.82) is 0 Å². The number of hydrogen-bond acceptors (Lipinski definition) is 3. The zero-order chi connectivity index (χ0) is 24.7. The van der Waals surface area contributed by atoms with Gasteiger partial charge in [0.25, 0.3) is 0 Å². The van der Waals surface area contributed by atoms with Gasteiger partial charge < -0.3 is 10.1 Å². The van der Waals surface area contributed by atoms with Gasteiger partial charge in [0.15, 0.2) is 0 Å². The molecule has 2 aliphatic rings. The fourth-order valence-corrected chi connectivity index (χ4v) is 5.49. The summed E-state index contributed by atoms with van der Waals surface area (Å²) in [5, 5.41) is 4.58. The average Bonchev–Trinajstić information content (AvgIpc) is 3.75. The molecule has 186 valence electrons. The molecule has 2 fully saturated rings. The molecule has 0 saturated heterocycles. The third kappa shape index (κ3) is 6.69. The van der Waals surface area contributed by atoms with Crippen LogP contribution in [0.25, 0.3) is 11.1 Å². The van der Waals surface area contributed by atoms with Gasteiger partial charge in [-0.25, -0.2) is 4.98 Å². The van der Waals surface area contributed by atoms with E-state index < -0.39 is 0 Å². The first kappa shape index (κ1) is 24.9. The van der Waals surface area contributed by atoms with Gasteiger partial charge in [-0.3, -0.25) is 0 Å². The summed E-state index contributed by atoms with van der Waals surface area (Å²) in [4.78, 5) is 4.51. The number of hydrogen-bond donors (Lipinski definition) is 1. The van der Waals surface area contributed by atoms with Crippen molar-refractivity contribution >= 4 is 11.6 Å². The predicted molar refractivity (Wildman–Crippen MR) is 148 cm³/mol. The average molecular weight is 499 g/mol. The highest BCUT2D eigenvalue weighted by Gasteiger charge is 2.36. The summed E-state index contributed by atoms with van der Waals surface area (Å²) >= 11 is 5.98. The van der Waals surface area contributed by atoms with Gasteiger partial charge in [-0.05, 0) is 97.9 Å². The second-order valence-electron chi connectivity index (χ2n) is 10.2. The number of pyridine rings is 1. The molecule has 0 spiro atoms. The molecular formula is C32H35ClN2O. The summed E-state index contributed by atoms with van der Waals surface area (Å²) in [6.07, 6.45) is 11.7. The summed E-state index contributed by atoms with van der Waals surface area (Å²) in [5.74, 6) is 9.12. The van der Waals surface area contributed by atoms with Crippen molar-refractivity contribution < 1.29 is 4.74 Å². The molecule has 3 aromatic rings. The maximum absolute atomic E-state index is 6.12. The number of ether oxygens (including phenoxy) is 1. The summed E-state index contributed by atoms with van der Waals surface area (Å²) in [5.41, 5.74) is 4.96. The fourth-order valence-electron chi connectivity index (χ4n) is 5.36. The van der Waals surface area contributed by atoms with E-state index in [2.05, 4.69) is 35.1 Å². The van der Waals surface area contributed by atoms with Gasteiger partial charge in [0, 0.05) is 34.9 Å². The Hall–Kier alpha value is -2.80. The van der Waals surface area contributed by atoms with Crippen molar-refractivity contribution in [2.75, 3.05) is 13.2 Å². The second-order valence-corrected chi connectivity index (χ2v) is 10.7. The van der Waals surface area contributed by atoms with E-state index in [1.54, 1.807) is 0 Å².